The van der Waals surface area contributed by atoms with E-state index in [1.165, 1.54) is 123 Å². The summed E-state index contributed by atoms with van der Waals surface area (Å²) in [7, 11) is 0. The van der Waals surface area contributed by atoms with Gasteiger partial charge in [0.1, 0.15) is 0 Å². The van der Waals surface area contributed by atoms with Crippen LogP contribution in [0, 0.1) is 90.6 Å². The van der Waals surface area contributed by atoms with Crippen molar-refractivity contribution >= 4 is 87.2 Å². The van der Waals surface area contributed by atoms with Crippen molar-refractivity contribution in [2.24, 2.45) is 0 Å². The second kappa shape index (κ2) is 24.3. The minimum Gasteiger partial charge on any atom is -0.308 e. The van der Waals surface area contributed by atoms with Gasteiger partial charge < -0.3 is 18.3 Å². The van der Waals surface area contributed by atoms with Crippen molar-refractivity contribution in [3.8, 4) is 105 Å². The number of hydrogen-bond donors (Lipinski definition) is 0. The third kappa shape index (κ3) is 10.6. The minimum atomic E-state index is -5.55. The molecule has 0 radical (unpaired) electrons. The number of alkyl halides is 12. The molecule has 12 aromatic carbocycles. The molecule has 0 aliphatic carbocycles. The minimum absolute atomic E-state index is 0.00198. The number of halogens is 12. The van der Waals surface area contributed by atoms with Gasteiger partial charge >= 0.3 is 24.7 Å². The molecule has 0 spiro atoms. The van der Waals surface area contributed by atoms with Gasteiger partial charge in [-0.2, -0.15) is 94.8 Å². The Morgan fingerprint density at radius 2 is 0.556 bits per heavy atom. The first-order chi connectivity index (χ1) is 51.7. The summed E-state index contributed by atoms with van der Waals surface area (Å²) in [5.74, 6) is 0. The van der Waals surface area contributed by atoms with Crippen LogP contribution in [0.2, 0.25) is 0 Å². The second-order valence-corrected chi connectivity index (χ2v) is 25.4. The molecule has 0 aliphatic rings. The average Bonchev–Trinajstić information content (AvgIpc) is 1.50. The Labute approximate surface area is 599 Å². The van der Waals surface area contributed by atoms with Gasteiger partial charge in [0.05, 0.1) is 182 Å². The average molecular weight is 1440 g/mol. The molecule has 0 bridgehead atoms. The summed E-state index contributed by atoms with van der Waals surface area (Å²) in [5.41, 5.74) is -8.38. The Morgan fingerprint density at radius 3 is 0.954 bits per heavy atom. The quantitative estimate of drug-likeness (QED) is 0.140. The fraction of sp³-hybridized carbons (Fsp3) is 0.0476. The van der Waals surface area contributed by atoms with Crippen molar-refractivity contribution in [3.05, 3.63) is 273 Å². The summed E-state index contributed by atoms with van der Waals surface area (Å²) >= 11 is 0. The summed E-state index contributed by atoms with van der Waals surface area (Å²) in [6, 6.07) is 60.5. The van der Waals surface area contributed by atoms with Gasteiger partial charge in [-0.3, -0.25) is 0 Å². The number of aromatic nitrogens is 4. The van der Waals surface area contributed by atoms with E-state index in [9.17, 15) is 68.4 Å². The van der Waals surface area contributed by atoms with Crippen molar-refractivity contribution in [3.63, 3.8) is 0 Å². The molecule has 514 valence electrons. The first-order valence-electron chi connectivity index (χ1n) is 32.2. The van der Waals surface area contributed by atoms with E-state index in [1.54, 1.807) is 65.2 Å². The van der Waals surface area contributed by atoms with E-state index in [2.05, 4.69) is 36.4 Å². The maximum Gasteiger partial charge on any atom is 0.417 e. The molecule has 0 fully saturated rings. The van der Waals surface area contributed by atoms with E-state index >= 15 is 26.3 Å². The van der Waals surface area contributed by atoms with E-state index in [0.717, 1.165) is 0 Å². The molecule has 4 heterocycles. The van der Waals surface area contributed by atoms with E-state index in [-0.39, 0.29) is 151 Å². The van der Waals surface area contributed by atoms with Gasteiger partial charge in [0.25, 0.3) is 0 Å². The predicted octanol–water partition coefficient (Wildman–Crippen LogP) is 22.1. The topological polar surface area (TPSA) is 210 Å². The first kappa shape index (κ1) is 67.4. The molecule has 4 aromatic heterocycles. The molecule has 16 aromatic rings. The van der Waals surface area contributed by atoms with Gasteiger partial charge in [0.2, 0.25) is 0 Å². The maximum absolute atomic E-state index is 16.0. The van der Waals surface area contributed by atoms with Gasteiger partial charge in [-0.25, -0.2) is 0 Å². The van der Waals surface area contributed by atoms with Crippen LogP contribution < -0.4 is 0 Å². The van der Waals surface area contributed by atoms with Crippen LogP contribution in [0.5, 0.6) is 0 Å². The number of rotatable bonds is 7. The van der Waals surface area contributed by atoms with Gasteiger partial charge in [-0.15, -0.1) is 0 Å². The normalized spacial score (nSPS) is 12.0. The van der Waals surface area contributed by atoms with Crippen LogP contribution in [0.15, 0.2) is 206 Å². The highest BCUT2D eigenvalue weighted by Gasteiger charge is 2.42. The third-order valence-corrected chi connectivity index (χ3v) is 19.4. The van der Waals surface area contributed by atoms with Crippen LogP contribution in [0.1, 0.15) is 66.8 Å². The van der Waals surface area contributed by atoms with E-state index in [4.69, 9.17) is 0 Å². The smallest absolute Gasteiger partial charge is 0.308 e. The summed E-state index contributed by atoms with van der Waals surface area (Å²) in [6.45, 7) is 0. The van der Waals surface area contributed by atoms with E-state index in [0.29, 0.717) is 56.8 Å². The monoisotopic (exact) mass is 1440 g/mol. The molecule has 24 heteroatoms. The predicted molar refractivity (Wildman–Crippen MR) is 378 cm³/mol. The lowest BCUT2D eigenvalue weighted by Crippen LogP contribution is -2.14. The fourth-order valence-corrected chi connectivity index (χ4v) is 14.9. The molecule has 0 amide bonds. The Hall–Kier alpha value is -15.1. The van der Waals surface area contributed by atoms with Crippen LogP contribution in [0.3, 0.4) is 0 Å². The highest BCUT2D eigenvalue weighted by Crippen LogP contribution is 2.52. The molecule has 0 unspecified atom stereocenters. The SMILES string of the molecule is N#Cc1cc(-n2c3ccccc3c3cc(C#N)ccc32)c(-c2ccc(C(F)(F)F)cc2C(F)(F)F)c(-n2c3ccc(C#N)cc3c3cc(-c4cc5c6ccc(C#N)cc6n(-c6cc(C#N)cc(-n7c8cc(C#N)ccc8c8ccc(C#N)cc87)c6-c6ccc(C(F)(F)F)cc6C(F)(F)F)c5cc4C#N)ccc32)c1. The van der Waals surface area contributed by atoms with Crippen molar-refractivity contribution < 1.29 is 52.7 Å². The highest BCUT2D eigenvalue weighted by atomic mass is 19.4. The molecule has 0 saturated heterocycles. The van der Waals surface area contributed by atoms with E-state index < -0.39 is 63.6 Å². The lowest BCUT2D eigenvalue weighted by atomic mass is 9.92. The zero-order valence-corrected chi connectivity index (χ0v) is 54.5. The molecule has 0 N–H and O–H groups in total. The van der Waals surface area contributed by atoms with E-state index in [1.807, 2.05) is 12.1 Å². The zero-order valence-electron chi connectivity index (χ0n) is 54.5. The summed E-state index contributed by atoms with van der Waals surface area (Å²) in [5, 5.41) is 88.0. The molecule has 108 heavy (non-hydrogen) atoms. The molecule has 0 atom stereocenters. The van der Waals surface area contributed by atoms with Gasteiger partial charge in [-0.1, -0.05) is 54.6 Å². The van der Waals surface area contributed by atoms with Crippen LogP contribution in [0.4, 0.5) is 52.7 Å². The first-order valence-corrected chi connectivity index (χ1v) is 32.2. The molecule has 16 rings (SSSR count). The van der Waals surface area contributed by atoms with Gasteiger partial charge in [0.15, 0.2) is 0 Å². The molecule has 0 saturated carbocycles. The van der Waals surface area contributed by atoms with Crippen LogP contribution >= 0.6 is 0 Å². The Bertz CT molecular complexity index is 7050. The lowest BCUT2D eigenvalue weighted by molar-refractivity contribution is -0.144. The fourth-order valence-electron chi connectivity index (χ4n) is 14.9. The summed E-state index contributed by atoms with van der Waals surface area (Å²) in [6.07, 6.45) is -21.6. The van der Waals surface area contributed by atoms with Crippen LogP contribution in [0.25, 0.3) is 143 Å². The molecule has 12 nitrogen and oxygen atoms in total. The van der Waals surface area contributed by atoms with Crippen molar-refractivity contribution in [2.45, 2.75) is 24.7 Å². The number of benzene rings is 12. The van der Waals surface area contributed by atoms with Crippen molar-refractivity contribution in [2.75, 3.05) is 0 Å². The Morgan fingerprint density at radius 1 is 0.231 bits per heavy atom. The number of para-hydroxylation sites is 1. The largest absolute Gasteiger partial charge is 0.417 e. The Balaban J connectivity index is 1.00. The third-order valence-electron chi connectivity index (χ3n) is 19.4. The van der Waals surface area contributed by atoms with Crippen molar-refractivity contribution in [1.29, 1.82) is 42.1 Å². The molecular weight excluding hydrogens is 1400 g/mol. The summed E-state index contributed by atoms with van der Waals surface area (Å²) < 4.78 is 190. The number of hydrogen-bond acceptors (Lipinski definition) is 8. The van der Waals surface area contributed by atoms with Crippen LogP contribution in [-0.2, 0) is 24.7 Å². The number of fused-ring (bicyclic) bond motifs is 12. The number of nitriles is 8. The van der Waals surface area contributed by atoms with Crippen LogP contribution in [-0.4, -0.2) is 18.3 Å². The summed E-state index contributed by atoms with van der Waals surface area (Å²) in [4.78, 5) is 0. The maximum atomic E-state index is 16.0. The zero-order chi connectivity index (χ0) is 75.9. The molecular formula is C84H34F12N12. The van der Waals surface area contributed by atoms with Gasteiger partial charge in [0, 0.05) is 59.8 Å². The Kier molecular flexibility index (Phi) is 15.2. The second-order valence-electron chi connectivity index (χ2n) is 25.4. The molecule has 0 aliphatic heterocycles. The number of nitrogens with zero attached hydrogens (tertiary/aromatic N) is 12. The van der Waals surface area contributed by atoms with Gasteiger partial charge in [-0.05, 0) is 168 Å². The highest BCUT2D eigenvalue weighted by molar-refractivity contribution is 6.17. The van der Waals surface area contributed by atoms with Crippen molar-refractivity contribution in [1.82, 2.24) is 18.3 Å². The standard InChI is InChI=1S/C84H34F12N12/c85-81(86,87)52-11-16-58(65(32-52)83(91,92)93)79-75(105-67-4-2-1-3-54(67)61-21-43(35-97)8-18-68(61)105)26-48(40-102)27-76(79)106-69-19-9-44(36-98)22-62(69)63-30-50(10-20-70(63)106)60-34-64-57-15-7-47(39-101)25-73(57)108(74(64)31-51(60)42-104)78-29-49(41-103)28-77(80(78)59-17-12-53(82(88,89)90)33-66(59)84(94,95)96)107-71-23-45(37-99)5-13-55(71)56-14-6-46(38-100)24-72(56)107/h1-34H. The lowest BCUT2D eigenvalue weighted by Gasteiger charge is -2.24.